The number of unbranched alkanes of at least 4 members (excludes halogenated alkanes) is 1. The summed E-state index contributed by atoms with van der Waals surface area (Å²) in [5, 5.41) is 2.93. The van der Waals surface area contributed by atoms with E-state index in [0.717, 1.165) is 25.7 Å². The van der Waals surface area contributed by atoms with Crippen molar-refractivity contribution in [2.75, 3.05) is 19.7 Å². The fourth-order valence-electron chi connectivity index (χ4n) is 2.99. The van der Waals surface area contributed by atoms with Crippen LogP contribution in [-0.4, -0.2) is 42.5 Å². The molecule has 1 aromatic rings. The summed E-state index contributed by atoms with van der Waals surface area (Å²) in [4.78, 5) is 26.6. The number of carbonyl (C=O) groups excluding carboxylic acids is 2. The first-order valence-corrected chi connectivity index (χ1v) is 9.26. The summed E-state index contributed by atoms with van der Waals surface area (Å²) >= 11 is 0. The highest BCUT2D eigenvalue weighted by Crippen LogP contribution is 2.25. The molecule has 1 N–H and O–H groups in total. The van der Waals surface area contributed by atoms with Gasteiger partial charge < -0.3 is 15.0 Å². The second kappa shape index (κ2) is 9.01. The SMILES string of the molecule is CC(C)(C)C(=O)N1CCCC1C(=O)NCCCCOc1ccc(F)cc1. The van der Waals surface area contributed by atoms with Crippen LogP contribution in [0.1, 0.15) is 46.5 Å². The molecular formula is C20H29FN2O3. The van der Waals surface area contributed by atoms with Crippen LogP contribution in [0.25, 0.3) is 0 Å². The van der Waals surface area contributed by atoms with Crippen LogP contribution in [0.2, 0.25) is 0 Å². The molecule has 0 bridgehead atoms. The van der Waals surface area contributed by atoms with Crippen molar-refractivity contribution in [3.05, 3.63) is 30.1 Å². The monoisotopic (exact) mass is 364 g/mol. The summed E-state index contributed by atoms with van der Waals surface area (Å²) in [6, 6.07) is 5.57. The van der Waals surface area contributed by atoms with E-state index in [4.69, 9.17) is 4.74 Å². The standard InChI is InChI=1S/C20H29FN2O3/c1-20(2,3)19(25)23-13-6-7-17(23)18(24)22-12-4-5-14-26-16-10-8-15(21)9-11-16/h8-11,17H,4-7,12-14H2,1-3H3,(H,22,24). The Morgan fingerprint density at radius 2 is 1.92 bits per heavy atom. The number of nitrogens with one attached hydrogen (secondary N) is 1. The lowest BCUT2D eigenvalue weighted by molar-refractivity contribution is -0.144. The minimum absolute atomic E-state index is 0.0304. The second-order valence-electron chi connectivity index (χ2n) is 7.71. The smallest absolute Gasteiger partial charge is 0.242 e. The number of likely N-dealkylation sites (tertiary alicyclic amines) is 1. The third-order valence-electron chi connectivity index (χ3n) is 4.41. The Bertz CT molecular complexity index is 610. The molecular weight excluding hydrogens is 335 g/mol. The minimum Gasteiger partial charge on any atom is -0.494 e. The number of ether oxygens (including phenoxy) is 1. The summed E-state index contributed by atoms with van der Waals surface area (Å²) < 4.78 is 18.3. The molecule has 1 fully saturated rings. The van der Waals surface area contributed by atoms with Crippen LogP contribution in [0.3, 0.4) is 0 Å². The first kappa shape index (κ1) is 20.2. The Morgan fingerprint density at radius 1 is 1.23 bits per heavy atom. The Morgan fingerprint density at radius 3 is 2.58 bits per heavy atom. The van der Waals surface area contributed by atoms with Gasteiger partial charge in [0.05, 0.1) is 6.61 Å². The van der Waals surface area contributed by atoms with E-state index >= 15 is 0 Å². The number of halogens is 1. The molecule has 0 aromatic heterocycles. The van der Waals surface area contributed by atoms with E-state index in [2.05, 4.69) is 5.32 Å². The number of hydrogen-bond acceptors (Lipinski definition) is 3. The molecule has 1 heterocycles. The fourth-order valence-corrected chi connectivity index (χ4v) is 2.99. The van der Waals surface area contributed by atoms with Gasteiger partial charge in [-0.05, 0) is 49.9 Å². The van der Waals surface area contributed by atoms with Gasteiger partial charge in [0, 0.05) is 18.5 Å². The minimum atomic E-state index is -0.472. The molecule has 5 nitrogen and oxygen atoms in total. The van der Waals surface area contributed by atoms with Gasteiger partial charge in [0.2, 0.25) is 11.8 Å². The number of carbonyl (C=O) groups is 2. The molecule has 6 heteroatoms. The van der Waals surface area contributed by atoms with Crippen molar-refractivity contribution >= 4 is 11.8 Å². The van der Waals surface area contributed by atoms with Crippen LogP contribution in [0, 0.1) is 11.2 Å². The van der Waals surface area contributed by atoms with Gasteiger partial charge in [-0.15, -0.1) is 0 Å². The van der Waals surface area contributed by atoms with Crippen molar-refractivity contribution < 1.29 is 18.7 Å². The van der Waals surface area contributed by atoms with Gasteiger partial charge in [0.15, 0.2) is 0 Å². The molecule has 0 spiro atoms. The number of hydrogen-bond donors (Lipinski definition) is 1. The van der Waals surface area contributed by atoms with Gasteiger partial charge in [0.1, 0.15) is 17.6 Å². The predicted molar refractivity (Wildman–Crippen MR) is 98.3 cm³/mol. The van der Waals surface area contributed by atoms with Crippen LogP contribution in [0.15, 0.2) is 24.3 Å². The molecule has 2 amide bonds. The lowest BCUT2D eigenvalue weighted by Crippen LogP contribution is -2.49. The average molecular weight is 364 g/mol. The van der Waals surface area contributed by atoms with Crippen molar-refractivity contribution in [2.45, 2.75) is 52.5 Å². The zero-order valence-corrected chi connectivity index (χ0v) is 15.9. The molecule has 144 valence electrons. The summed E-state index contributed by atoms with van der Waals surface area (Å²) in [6.45, 7) is 7.36. The molecule has 26 heavy (non-hydrogen) atoms. The molecule has 1 unspecified atom stereocenters. The molecule has 1 atom stereocenters. The van der Waals surface area contributed by atoms with E-state index in [1.54, 1.807) is 17.0 Å². The van der Waals surface area contributed by atoms with Crippen LogP contribution in [-0.2, 0) is 9.59 Å². The Hall–Kier alpha value is -2.11. The Kier molecular flexibility index (Phi) is 7.00. The van der Waals surface area contributed by atoms with Crippen LogP contribution in [0.4, 0.5) is 4.39 Å². The molecule has 0 aliphatic carbocycles. The van der Waals surface area contributed by atoms with Gasteiger partial charge in [-0.2, -0.15) is 0 Å². The molecule has 0 radical (unpaired) electrons. The van der Waals surface area contributed by atoms with Crippen molar-refractivity contribution in [3.8, 4) is 5.75 Å². The van der Waals surface area contributed by atoms with Crippen molar-refractivity contribution in [1.82, 2.24) is 10.2 Å². The maximum absolute atomic E-state index is 12.8. The molecule has 1 aliphatic heterocycles. The van der Waals surface area contributed by atoms with Gasteiger partial charge in [0.25, 0.3) is 0 Å². The van der Waals surface area contributed by atoms with E-state index in [1.165, 1.54) is 12.1 Å². The van der Waals surface area contributed by atoms with Crippen molar-refractivity contribution in [3.63, 3.8) is 0 Å². The fraction of sp³-hybridized carbons (Fsp3) is 0.600. The summed E-state index contributed by atoms with van der Waals surface area (Å²) in [5.74, 6) is 0.311. The highest BCUT2D eigenvalue weighted by atomic mass is 19.1. The van der Waals surface area contributed by atoms with Gasteiger partial charge in [-0.25, -0.2) is 4.39 Å². The maximum atomic E-state index is 12.8. The first-order valence-electron chi connectivity index (χ1n) is 9.26. The largest absolute Gasteiger partial charge is 0.494 e. The third kappa shape index (κ3) is 5.71. The topological polar surface area (TPSA) is 58.6 Å². The molecule has 2 rings (SSSR count). The zero-order valence-electron chi connectivity index (χ0n) is 15.9. The van der Waals surface area contributed by atoms with E-state index in [0.29, 0.717) is 25.4 Å². The van der Waals surface area contributed by atoms with Crippen molar-refractivity contribution in [2.24, 2.45) is 5.41 Å². The Labute approximate surface area is 154 Å². The van der Waals surface area contributed by atoms with E-state index in [1.807, 2.05) is 20.8 Å². The van der Waals surface area contributed by atoms with Gasteiger partial charge in [-0.1, -0.05) is 20.8 Å². The second-order valence-corrected chi connectivity index (χ2v) is 7.71. The lowest BCUT2D eigenvalue weighted by atomic mass is 9.94. The van der Waals surface area contributed by atoms with Crippen molar-refractivity contribution in [1.29, 1.82) is 0 Å². The average Bonchev–Trinajstić information content (AvgIpc) is 3.07. The number of nitrogens with zero attached hydrogens (tertiary/aromatic N) is 1. The Balaban J connectivity index is 1.66. The number of amides is 2. The van der Waals surface area contributed by atoms with Gasteiger partial charge >= 0.3 is 0 Å². The van der Waals surface area contributed by atoms with E-state index in [-0.39, 0.29) is 23.7 Å². The molecule has 1 saturated heterocycles. The summed E-state index contributed by atoms with van der Waals surface area (Å²) in [5.41, 5.74) is -0.472. The predicted octanol–water partition coefficient (Wildman–Crippen LogP) is 3.14. The molecule has 1 aromatic carbocycles. The lowest BCUT2D eigenvalue weighted by Gasteiger charge is -2.30. The third-order valence-corrected chi connectivity index (χ3v) is 4.41. The van der Waals surface area contributed by atoms with E-state index < -0.39 is 5.41 Å². The van der Waals surface area contributed by atoms with E-state index in [9.17, 15) is 14.0 Å². The summed E-state index contributed by atoms with van der Waals surface area (Å²) in [7, 11) is 0. The normalized spacial score (nSPS) is 17.2. The van der Waals surface area contributed by atoms with Crippen LogP contribution in [0.5, 0.6) is 5.75 Å². The number of benzene rings is 1. The highest BCUT2D eigenvalue weighted by Gasteiger charge is 2.38. The molecule has 1 aliphatic rings. The first-order chi connectivity index (χ1) is 12.3. The zero-order chi connectivity index (χ0) is 19.2. The highest BCUT2D eigenvalue weighted by molar-refractivity contribution is 5.90. The number of rotatable bonds is 7. The van der Waals surface area contributed by atoms with Crippen LogP contribution >= 0.6 is 0 Å². The van der Waals surface area contributed by atoms with Gasteiger partial charge in [-0.3, -0.25) is 9.59 Å². The molecule has 0 saturated carbocycles. The quantitative estimate of drug-likeness (QED) is 0.756. The summed E-state index contributed by atoms with van der Waals surface area (Å²) in [6.07, 6.45) is 3.16. The van der Waals surface area contributed by atoms with Crippen LogP contribution < -0.4 is 10.1 Å². The maximum Gasteiger partial charge on any atom is 0.242 e.